The number of carbonyl (C=O) groups is 2. The first kappa shape index (κ1) is 27.0. The van der Waals surface area contributed by atoms with Crippen molar-refractivity contribution in [2.24, 2.45) is 21.5 Å². The summed E-state index contributed by atoms with van der Waals surface area (Å²) in [5, 5.41) is 0. The van der Waals surface area contributed by atoms with Gasteiger partial charge in [0.2, 0.25) is 11.8 Å². The summed E-state index contributed by atoms with van der Waals surface area (Å²) in [5.74, 6) is 0.705. The van der Waals surface area contributed by atoms with Gasteiger partial charge in [0, 0.05) is 25.4 Å². The molecule has 2 amide bonds. The molecule has 0 aromatic heterocycles. The highest BCUT2D eigenvalue weighted by atomic mass is 35.5. The minimum atomic E-state index is -0.391. The molecule has 0 aromatic rings. The highest BCUT2D eigenvalue weighted by Gasteiger charge is 1.99. The summed E-state index contributed by atoms with van der Waals surface area (Å²) in [5.41, 5.74) is 10.7. The Morgan fingerprint density at radius 2 is 1.17 bits per heavy atom. The topological polar surface area (TPSA) is 129 Å². The Bertz CT molecular complexity index is 375. The number of amidine groups is 2. The van der Waals surface area contributed by atoms with Crippen molar-refractivity contribution < 1.29 is 18.0 Å². The van der Waals surface area contributed by atoms with Gasteiger partial charge < -0.3 is 19.8 Å². The highest BCUT2D eigenvalue weighted by molar-refractivity contribution is 7.95. The number of hydrogen-bond acceptors (Lipinski definition) is 6. The van der Waals surface area contributed by atoms with Crippen LogP contribution in [-0.2, 0) is 18.0 Å². The third-order valence-electron chi connectivity index (χ3n) is 1.78. The molecule has 0 rings (SSSR count). The van der Waals surface area contributed by atoms with E-state index in [-0.39, 0.29) is 36.9 Å². The van der Waals surface area contributed by atoms with Crippen LogP contribution in [0, 0.1) is 0 Å². The molecule has 0 heterocycles. The summed E-state index contributed by atoms with van der Waals surface area (Å²) < 4.78 is 9.96. The number of hydrogen-bond donors (Lipinski definition) is 2. The predicted molar refractivity (Wildman–Crippen MR) is 100 cm³/mol. The van der Waals surface area contributed by atoms with Crippen LogP contribution in [-0.4, -0.2) is 35.4 Å². The molecule has 0 unspecified atom stereocenters. The van der Waals surface area contributed by atoms with Crippen LogP contribution >= 0.6 is 48.9 Å². The van der Waals surface area contributed by atoms with Crippen molar-refractivity contribution in [1.82, 2.24) is 0 Å². The predicted octanol–water partition coefficient (Wildman–Crippen LogP) is 2.05. The maximum atomic E-state index is 10.6. The summed E-state index contributed by atoms with van der Waals surface area (Å²) in [7, 11) is 0. The number of nitrogens with two attached hydrogens (primary N) is 2. The Hall–Kier alpha value is -0.840. The molecule has 0 aromatic carbocycles. The Labute approximate surface area is 156 Å². The van der Waals surface area contributed by atoms with E-state index < -0.39 is 11.8 Å². The van der Waals surface area contributed by atoms with Crippen molar-refractivity contribution in [1.29, 1.82) is 0 Å². The van der Waals surface area contributed by atoms with Crippen molar-refractivity contribution in [2.45, 2.75) is 33.1 Å². The van der Waals surface area contributed by atoms with Crippen LogP contribution in [0.2, 0.25) is 0 Å². The fourth-order valence-corrected chi connectivity index (χ4v) is 2.18. The van der Waals surface area contributed by atoms with Crippen molar-refractivity contribution in [2.75, 3.05) is 11.5 Å². The molecule has 0 aliphatic carbocycles. The number of aliphatic imine (C=N–C) groups is 2. The smallest absolute Gasteiger partial charge is 0.302 e. The quantitative estimate of drug-likeness (QED) is 0.270. The van der Waals surface area contributed by atoms with Crippen molar-refractivity contribution in [3.05, 3.63) is 0 Å². The first-order chi connectivity index (χ1) is 9.91. The lowest BCUT2D eigenvalue weighted by Gasteiger charge is -2.03. The molecule has 0 aliphatic heterocycles. The van der Waals surface area contributed by atoms with Gasteiger partial charge in [-0.15, -0.1) is 24.8 Å². The molecule has 4 N–H and O–H groups in total. The van der Waals surface area contributed by atoms with E-state index in [1.807, 2.05) is 0 Å². The molecule has 0 radical (unpaired) electrons. The standard InChI is InChI=1S/C11H20N4O4S2.2ClH/c1-8(16)14-10(12)18-20-6-4-3-5-7-21-19-11(13)15-9(2)17;;/h3-7H2,1-2H3,(H2,12,14,16)(H2,13,15,17);2*1H. The number of carbonyl (C=O) groups excluding carboxylic acids is 2. The van der Waals surface area contributed by atoms with E-state index in [9.17, 15) is 9.59 Å². The molecule has 0 aliphatic rings. The fourth-order valence-electron chi connectivity index (χ4n) is 1.05. The number of unbranched alkanes of at least 4 members (excludes halogenated alkanes) is 2. The molecule has 0 saturated heterocycles. The average molecular weight is 409 g/mol. The zero-order valence-corrected chi connectivity index (χ0v) is 16.1. The van der Waals surface area contributed by atoms with Crippen LogP contribution in [0.5, 0.6) is 0 Å². The van der Waals surface area contributed by atoms with Gasteiger partial charge in [0.05, 0.1) is 24.1 Å². The molecular formula is C11H22Cl2N4O4S2. The Kier molecular flexibility index (Phi) is 20.6. The summed E-state index contributed by atoms with van der Waals surface area (Å²) in [6, 6.07) is -0.256. The van der Waals surface area contributed by atoms with Gasteiger partial charge in [-0.2, -0.15) is 9.98 Å². The van der Waals surface area contributed by atoms with Crippen molar-refractivity contribution in [3.63, 3.8) is 0 Å². The monoisotopic (exact) mass is 408 g/mol. The Balaban J connectivity index is -0.00000200. The molecule has 0 fully saturated rings. The van der Waals surface area contributed by atoms with Gasteiger partial charge in [0.15, 0.2) is 0 Å². The number of nitrogens with zero attached hydrogens (tertiary/aromatic N) is 2. The van der Waals surface area contributed by atoms with E-state index in [0.29, 0.717) is 0 Å². The maximum absolute atomic E-state index is 10.6. The van der Waals surface area contributed by atoms with E-state index in [1.54, 1.807) is 0 Å². The minimum absolute atomic E-state index is 0. The van der Waals surface area contributed by atoms with Crippen LogP contribution in [0.4, 0.5) is 0 Å². The van der Waals surface area contributed by atoms with E-state index in [4.69, 9.17) is 19.8 Å². The van der Waals surface area contributed by atoms with E-state index in [2.05, 4.69) is 9.98 Å². The van der Waals surface area contributed by atoms with Crippen LogP contribution in [0.15, 0.2) is 9.98 Å². The van der Waals surface area contributed by atoms with E-state index in [1.165, 1.54) is 13.8 Å². The molecule has 8 nitrogen and oxygen atoms in total. The summed E-state index contributed by atoms with van der Waals surface area (Å²) in [6.07, 6.45) is 2.82. The van der Waals surface area contributed by atoms with Crippen molar-refractivity contribution >= 4 is 72.8 Å². The van der Waals surface area contributed by atoms with Crippen LogP contribution < -0.4 is 11.5 Å². The van der Waals surface area contributed by atoms with E-state index in [0.717, 1.165) is 54.9 Å². The third-order valence-corrected chi connectivity index (χ3v) is 3.27. The fraction of sp³-hybridized carbons (Fsp3) is 0.636. The van der Waals surface area contributed by atoms with Gasteiger partial charge >= 0.3 is 12.0 Å². The first-order valence-corrected chi connectivity index (χ1v) is 8.02. The summed E-state index contributed by atoms with van der Waals surface area (Å²) in [6.45, 7) is 2.60. The molecule has 0 spiro atoms. The summed E-state index contributed by atoms with van der Waals surface area (Å²) in [4.78, 5) is 28.0. The minimum Gasteiger partial charge on any atom is -0.391 e. The molecule has 0 saturated carbocycles. The van der Waals surface area contributed by atoms with Crippen molar-refractivity contribution in [3.8, 4) is 0 Å². The SMILES string of the molecule is CC(=O)N=C(N)OSCCCCCSOC(N)=NC(C)=O.Cl.Cl. The molecule has 23 heavy (non-hydrogen) atoms. The maximum Gasteiger partial charge on any atom is 0.302 e. The first-order valence-electron chi connectivity index (χ1n) is 6.20. The Morgan fingerprint density at radius 3 is 1.48 bits per heavy atom. The zero-order valence-electron chi connectivity index (χ0n) is 12.9. The van der Waals surface area contributed by atoms with Gasteiger partial charge in [-0.25, -0.2) is 0 Å². The summed E-state index contributed by atoms with van der Waals surface area (Å²) >= 11 is 2.31. The normalized spacial score (nSPS) is 11.0. The number of amides is 2. The molecule has 0 bridgehead atoms. The third kappa shape index (κ3) is 21.2. The lowest BCUT2D eigenvalue weighted by atomic mass is 10.3. The van der Waals surface area contributed by atoms with Crippen LogP contribution in [0.1, 0.15) is 33.1 Å². The lowest BCUT2D eigenvalue weighted by molar-refractivity contribution is -0.116. The van der Waals surface area contributed by atoms with Gasteiger partial charge in [-0.1, -0.05) is 6.42 Å². The average Bonchev–Trinajstić information content (AvgIpc) is 2.34. The number of rotatable bonds is 8. The van der Waals surface area contributed by atoms with E-state index >= 15 is 0 Å². The van der Waals surface area contributed by atoms with Gasteiger partial charge in [0.25, 0.3) is 0 Å². The molecular weight excluding hydrogens is 387 g/mol. The molecule has 0 atom stereocenters. The molecule has 12 heteroatoms. The van der Waals surface area contributed by atoms with Crippen LogP contribution in [0.3, 0.4) is 0 Å². The second kappa shape index (κ2) is 17.5. The zero-order chi connectivity index (χ0) is 16.1. The Morgan fingerprint density at radius 1 is 0.826 bits per heavy atom. The lowest BCUT2D eigenvalue weighted by Crippen LogP contribution is -2.14. The van der Waals surface area contributed by atoms with Crippen LogP contribution in [0.25, 0.3) is 0 Å². The molecule has 136 valence electrons. The second-order valence-corrected chi connectivity index (χ2v) is 5.43. The second-order valence-electron chi connectivity index (χ2n) is 3.81. The number of halogens is 2. The van der Waals surface area contributed by atoms with Gasteiger partial charge in [0.1, 0.15) is 0 Å². The van der Waals surface area contributed by atoms with Gasteiger partial charge in [-0.05, 0) is 12.8 Å². The van der Waals surface area contributed by atoms with Gasteiger partial charge in [-0.3, -0.25) is 9.59 Å². The highest BCUT2D eigenvalue weighted by Crippen LogP contribution is 2.11. The largest absolute Gasteiger partial charge is 0.391 e.